The predicted molar refractivity (Wildman–Crippen MR) is 101 cm³/mol. The molecule has 0 aliphatic heterocycles. The number of aromatic nitrogens is 2. The molecule has 4 rings (SSSR count). The third-order valence-corrected chi connectivity index (χ3v) is 5.86. The Morgan fingerprint density at radius 2 is 1.69 bits per heavy atom. The van der Waals surface area contributed by atoms with Gasteiger partial charge in [0.1, 0.15) is 28.8 Å². The summed E-state index contributed by atoms with van der Waals surface area (Å²) in [5.41, 5.74) is 0.219. The Balaban J connectivity index is 1.74. The number of hydrogen-bond donors (Lipinski definition) is 0. The predicted octanol–water partition coefficient (Wildman–Crippen LogP) is 4.33. The van der Waals surface area contributed by atoms with E-state index in [4.69, 9.17) is 9.15 Å². The third-order valence-electron chi connectivity index (χ3n) is 4.25. The Morgan fingerprint density at radius 3 is 2.38 bits per heavy atom. The highest BCUT2D eigenvalue weighted by molar-refractivity contribution is 7.90. The van der Waals surface area contributed by atoms with Crippen LogP contribution in [0.5, 0.6) is 5.75 Å². The quantitative estimate of drug-likeness (QED) is 0.484. The lowest BCUT2D eigenvalue weighted by Crippen LogP contribution is -2.15. The van der Waals surface area contributed by atoms with Gasteiger partial charge in [0.2, 0.25) is 0 Å². The van der Waals surface area contributed by atoms with E-state index in [9.17, 15) is 17.2 Å². The first-order valence-corrected chi connectivity index (χ1v) is 9.83. The maximum Gasteiger partial charge on any atom is 0.283 e. The molecule has 0 amide bonds. The lowest BCUT2D eigenvalue weighted by atomic mass is 10.1. The molecule has 2 heterocycles. The fraction of sp³-hybridized carbons (Fsp3) is 0.0500. The molecule has 0 fully saturated rings. The fourth-order valence-corrected chi connectivity index (χ4v) is 4.08. The lowest BCUT2D eigenvalue weighted by molar-refractivity contribution is 0.414. The molecule has 0 N–H and O–H groups in total. The Labute approximate surface area is 165 Å². The summed E-state index contributed by atoms with van der Waals surface area (Å²) in [6.07, 6.45) is 1.32. The average molecular weight is 416 g/mol. The van der Waals surface area contributed by atoms with E-state index in [0.717, 1.165) is 16.2 Å². The van der Waals surface area contributed by atoms with Gasteiger partial charge >= 0.3 is 0 Å². The molecular weight excluding hydrogens is 402 g/mol. The maximum absolute atomic E-state index is 14.0. The van der Waals surface area contributed by atoms with Crippen LogP contribution in [0.3, 0.4) is 0 Å². The summed E-state index contributed by atoms with van der Waals surface area (Å²) in [6.45, 7) is 0. The monoisotopic (exact) mass is 416 g/mol. The summed E-state index contributed by atoms with van der Waals surface area (Å²) in [5.74, 6) is -0.681. The molecule has 0 saturated carbocycles. The van der Waals surface area contributed by atoms with Crippen LogP contribution in [-0.4, -0.2) is 24.7 Å². The maximum atomic E-state index is 14.0. The zero-order chi connectivity index (χ0) is 20.6. The van der Waals surface area contributed by atoms with Crippen molar-refractivity contribution >= 4 is 10.0 Å². The summed E-state index contributed by atoms with van der Waals surface area (Å²) in [7, 11) is -2.52. The zero-order valence-corrected chi connectivity index (χ0v) is 15.9. The highest BCUT2D eigenvalue weighted by atomic mass is 32.2. The van der Waals surface area contributed by atoms with Gasteiger partial charge in [-0.3, -0.25) is 0 Å². The van der Waals surface area contributed by atoms with Gasteiger partial charge < -0.3 is 9.15 Å². The molecule has 0 unspecified atom stereocenters. The van der Waals surface area contributed by atoms with E-state index in [1.54, 1.807) is 0 Å². The topological polar surface area (TPSA) is 74.3 Å². The first-order chi connectivity index (χ1) is 13.9. The molecule has 0 bridgehead atoms. The molecule has 6 nitrogen and oxygen atoms in total. The number of hydrogen-bond acceptors (Lipinski definition) is 5. The van der Waals surface area contributed by atoms with Crippen LogP contribution >= 0.6 is 0 Å². The normalized spacial score (nSPS) is 11.6. The Kier molecular flexibility index (Phi) is 4.67. The van der Waals surface area contributed by atoms with Crippen molar-refractivity contribution in [2.45, 2.75) is 4.90 Å². The Bertz CT molecular complexity index is 1280. The molecule has 0 radical (unpaired) electrons. The fourth-order valence-electron chi connectivity index (χ4n) is 2.82. The van der Waals surface area contributed by atoms with E-state index in [2.05, 4.69) is 5.10 Å². The second kappa shape index (κ2) is 7.17. The van der Waals surface area contributed by atoms with E-state index in [-0.39, 0.29) is 27.7 Å². The molecule has 2 aromatic carbocycles. The Hall–Kier alpha value is -3.46. The molecule has 0 spiro atoms. The van der Waals surface area contributed by atoms with Crippen molar-refractivity contribution in [3.8, 4) is 28.5 Å². The van der Waals surface area contributed by atoms with Crippen LogP contribution in [0.15, 0.2) is 76.2 Å². The molecule has 2 aromatic heterocycles. The highest BCUT2D eigenvalue weighted by Crippen LogP contribution is 2.31. The number of rotatable bonds is 5. The van der Waals surface area contributed by atoms with Gasteiger partial charge in [-0.1, -0.05) is 0 Å². The first kappa shape index (κ1) is 18.9. The first-order valence-electron chi connectivity index (χ1n) is 8.39. The lowest BCUT2D eigenvalue weighted by Gasteiger charge is -2.08. The van der Waals surface area contributed by atoms with E-state index in [0.29, 0.717) is 5.75 Å². The number of halogens is 2. The van der Waals surface area contributed by atoms with Crippen molar-refractivity contribution in [2.24, 2.45) is 0 Å². The van der Waals surface area contributed by atoms with Gasteiger partial charge in [0, 0.05) is 6.07 Å². The van der Waals surface area contributed by atoms with Gasteiger partial charge in [0.05, 0.1) is 23.8 Å². The van der Waals surface area contributed by atoms with Crippen molar-refractivity contribution in [1.82, 2.24) is 9.19 Å². The molecule has 0 aliphatic carbocycles. The highest BCUT2D eigenvalue weighted by Gasteiger charge is 2.23. The van der Waals surface area contributed by atoms with Crippen LogP contribution in [0.1, 0.15) is 0 Å². The van der Waals surface area contributed by atoms with Gasteiger partial charge in [0.25, 0.3) is 10.0 Å². The van der Waals surface area contributed by atoms with Crippen molar-refractivity contribution in [3.63, 3.8) is 0 Å². The van der Waals surface area contributed by atoms with Crippen molar-refractivity contribution in [1.29, 1.82) is 0 Å². The van der Waals surface area contributed by atoms with Gasteiger partial charge in [-0.05, 0) is 54.6 Å². The van der Waals surface area contributed by atoms with Gasteiger partial charge in [-0.2, -0.15) is 13.5 Å². The summed E-state index contributed by atoms with van der Waals surface area (Å²) in [4.78, 5) is 0.0135. The molecular formula is C20H14F2N2O4S. The minimum Gasteiger partial charge on any atom is -0.497 e. The van der Waals surface area contributed by atoms with Crippen molar-refractivity contribution < 1.29 is 26.4 Å². The van der Waals surface area contributed by atoms with Crippen molar-refractivity contribution in [2.75, 3.05) is 7.11 Å². The van der Waals surface area contributed by atoms with Crippen LogP contribution in [0.25, 0.3) is 22.8 Å². The third kappa shape index (κ3) is 3.40. The summed E-state index contributed by atoms with van der Waals surface area (Å²) >= 11 is 0. The minimum absolute atomic E-state index is 0.0135. The van der Waals surface area contributed by atoms with Gasteiger partial charge in [-0.25, -0.2) is 8.78 Å². The minimum atomic E-state index is -4.00. The Morgan fingerprint density at radius 1 is 0.966 bits per heavy atom. The van der Waals surface area contributed by atoms with Crippen LogP contribution in [-0.2, 0) is 10.0 Å². The smallest absolute Gasteiger partial charge is 0.283 e. The van der Waals surface area contributed by atoms with Crippen molar-refractivity contribution in [3.05, 3.63) is 78.5 Å². The van der Waals surface area contributed by atoms with Crippen LogP contribution in [0, 0.1) is 11.6 Å². The van der Waals surface area contributed by atoms with E-state index < -0.39 is 21.7 Å². The van der Waals surface area contributed by atoms with E-state index in [1.807, 2.05) is 0 Å². The summed E-state index contributed by atoms with van der Waals surface area (Å²) in [5, 5.41) is 3.91. The number of ether oxygens (including phenoxy) is 1. The number of methoxy groups -OCH3 is 1. The molecule has 148 valence electrons. The standard InChI is InChI=1S/C20H14F2N2O4S/c1-27-14-3-5-15(6-4-14)29(25,26)24-18(10-11-23-24)20-9-8-19(28-20)16-7-2-13(21)12-17(16)22/h2-12H,1H3. The average Bonchev–Trinajstić information content (AvgIpc) is 3.37. The van der Waals surface area contributed by atoms with Gasteiger partial charge in [-0.15, -0.1) is 4.09 Å². The molecule has 29 heavy (non-hydrogen) atoms. The molecule has 9 heteroatoms. The number of benzene rings is 2. The van der Waals surface area contributed by atoms with Gasteiger partial charge in [0.15, 0.2) is 5.76 Å². The van der Waals surface area contributed by atoms with Crippen LogP contribution in [0.2, 0.25) is 0 Å². The van der Waals surface area contributed by atoms with Crippen LogP contribution < -0.4 is 4.74 Å². The molecule has 4 aromatic rings. The number of nitrogens with zero attached hydrogens (tertiary/aromatic N) is 2. The largest absolute Gasteiger partial charge is 0.497 e. The number of furan rings is 1. The van der Waals surface area contributed by atoms with Crippen LogP contribution in [0.4, 0.5) is 8.78 Å². The molecule has 0 saturated heterocycles. The summed E-state index contributed by atoms with van der Waals surface area (Å²) in [6, 6.07) is 13.4. The zero-order valence-electron chi connectivity index (χ0n) is 15.0. The SMILES string of the molecule is COc1ccc(S(=O)(=O)n2nccc2-c2ccc(-c3ccc(F)cc3F)o2)cc1. The van der Waals surface area contributed by atoms with E-state index >= 15 is 0 Å². The molecule has 0 aliphatic rings. The second-order valence-electron chi connectivity index (χ2n) is 6.03. The summed E-state index contributed by atoms with van der Waals surface area (Å²) < 4.78 is 64.6. The second-order valence-corrected chi connectivity index (χ2v) is 7.80. The molecule has 0 atom stereocenters. The van der Waals surface area contributed by atoms with E-state index in [1.165, 1.54) is 61.8 Å².